The van der Waals surface area contributed by atoms with Gasteiger partial charge in [-0.3, -0.25) is 14.6 Å². The molecular formula is C40H48N8O4. The van der Waals surface area contributed by atoms with Gasteiger partial charge in [0.1, 0.15) is 17.7 Å². The van der Waals surface area contributed by atoms with Gasteiger partial charge in [0.2, 0.25) is 11.8 Å². The molecule has 272 valence electrons. The third-order valence-electron chi connectivity index (χ3n) is 10.9. The summed E-state index contributed by atoms with van der Waals surface area (Å²) in [6.45, 7) is 11.4. The fourth-order valence-corrected chi connectivity index (χ4v) is 7.52. The number of hydrogen-bond donors (Lipinski definition) is 3. The Morgan fingerprint density at radius 3 is 2.08 bits per heavy atom. The van der Waals surface area contributed by atoms with Crippen molar-refractivity contribution in [3.8, 4) is 22.5 Å². The van der Waals surface area contributed by atoms with Crippen LogP contribution in [0.4, 0.5) is 4.79 Å². The molecule has 52 heavy (non-hydrogen) atoms. The number of aromatic amines is 2. The first-order valence-corrected chi connectivity index (χ1v) is 18.4. The fraction of sp³-hybridized carbons (Fsp3) is 0.450. The summed E-state index contributed by atoms with van der Waals surface area (Å²) in [7, 11) is 1.30. The molecule has 0 unspecified atom stereocenters. The maximum Gasteiger partial charge on any atom is 0.407 e. The number of imidazole rings is 2. The highest BCUT2D eigenvalue weighted by atomic mass is 16.5. The highest BCUT2D eigenvalue weighted by Gasteiger charge is 2.38. The number of nitrogens with zero attached hydrogens (tertiary/aromatic N) is 5. The summed E-state index contributed by atoms with van der Waals surface area (Å²) in [4.78, 5) is 64.0. The molecule has 0 saturated carbocycles. The molecule has 2 aliphatic rings. The van der Waals surface area contributed by atoms with Crippen molar-refractivity contribution in [2.45, 2.75) is 78.4 Å². The van der Waals surface area contributed by atoms with Crippen molar-refractivity contribution < 1.29 is 19.1 Å². The van der Waals surface area contributed by atoms with Gasteiger partial charge in [-0.15, -0.1) is 0 Å². The molecule has 2 saturated heterocycles. The predicted octanol–water partition coefficient (Wildman–Crippen LogP) is 7.17. The Balaban J connectivity index is 1.08. The summed E-state index contributed by atoms with van der Waals surface area (Å²) in [5.41, 5.74) is 5.29. The lowest BCUT2D eigenvalue weighted by Gasteiger charge is -2.29. The summed E-state index contributed by atoms with van der Waals surface area (Å²) < 4.78 is 4.76. The van der Waals surface area contributed by atoms with E-state index in [0.29, 0.717) is 6.54 Å². The zero-order valence-electron chi connectivity index (χ0n) is 30.8. The third kappa shape index (κ3) is 6.73. The van der Waals surface area contributed by atoms with E-state index in [1.165, 1.54) is 7.11 Å². The predicted molar refractivity (Wildman–Crippen MR) is 200 cm³/mol. The Morgan fingerprint density at radius 2 is 1.44 bits per heavy atom. The molecule has 7 rings (SSSR count). The first-order valence-electron chi connectivity index (χ1n) is 18.4. The van der Waals surface area contributed by atoms with Crippen LogP contribution in [0.15, 0.2) is 54.9 Å². The molecule has 12 nitrogen and oxygen atoms in total. The quantitative estimate of drug-likeness (QED) is 0.147. The lowest BCUT2D eigenvalue weighted by atomic mass is 9.96. The van der Waals surface area contributed by atoms with Gasteiger partial charge in [-0.25, -0.2) is 14.8 Å². The molecule has 0 bridgehead atoms. The average Bonchev–Trinajstić information content (AvgIpc) is 3.97. The number of hydrogen-bond acceptors (Lipinski definition) is 7. The van der Waals surface area contributed by atoms with Crippen molar-refractivity contribution in [1.82, 2.24) is 40.0 Å². The molecule has 2 fully saturated rings. The zero-order valence-corrected chi connectivity index (χ0v) is 30.8. The van der Waals surface area contributed by atoms with Gasteiger partial charge in [0.15, 0.2) is 0 Å². The van der Waals surface area contributed by atoms with Crippen molar-refractivity contribution in [2.75, 3.05) is 20.2 Å². The van der Waals surface area contributed by atoms with Gasteiger partial charge in [0.25, 0.3) is 0 Å². The molecule has 0 aliphatic carbocycles. The van der Waals surface area contributed by atoms with E-state index < -0.39 is 12.1 Å². The lowest BCUT2D eigenvalue weighted by molar-refractivity contribution is -0.137. The normalized spacial score (nSPS) is 18.8. The van der Waals surface area contributed by atoms with E-state index in [2.05, 4.69) is 65.5 Å². The number of carbonyl (C=O) groups is 3. The molecule has 4 atom stereocenters. The van der Waals surface area contributed by atoms with Gasteiger partial charge in [-0.1, -0.05) is 58.9 Å². The number of rotatable bonds is 9. The summed E-state index contributed by atoms with van der Waals surface area (Å²) in [6, 6.07) is 13.7. The second-order valence-corrected chi connectivity index (χ2v) is 14.9. The zero-order chi connectivity index (χ0) is 36.7. The van der Waals surface area contributed by atoms with E-state index in [-0.39, 0.29) is 41.7 Å². The summed E-state index contributed by atoms with van der Waals surface area (Å²) in [6.07, 6.45) is 6.62. The minimum atomic E-state index is -0.681. The Morgan fingerprint density at radius 1 is 0.808 bits per heavy atom. The number of aromatic nitrogens is 5. The van der Waals surface area contributed by atoms with Crippen LogP contribution in [0, 0.1) is 17.8 Å². The van der Waals surface area contributed by atoms with Crippen molar-refractivity contribution in [1.29, 1.82) is 0 Å². The SMILES string of the molecule is COC(=O)N[C@H](C(=O)N1CCC[C@H]1c1nc(-c2ccc3cc(-c4cc5nc([C@@H]6CCCN6C(=O)[C@@H](C)C(C)C)[nH]c5cn4)ccc3c2)c[nH]1)C(C)C. The Kier molecular flexibility index (Phi) is 9.73. The topological polar surface area (TPSA) is 149 Å². The van der Waals surface area contributed by atoms with Crippen LogP contribution < -0.4 is 5.32 Å². The largest absolute Gasteiger partial charge is 0.453 e. The molecule has 0 spiro atoms. The molecular weight excluding hydrogens is 656 g/mol. The number of alkyl carbamates (subject to hydrolysis) is 1. The lowest BCUT2D eigenvalue weighted by Crippen LogP contribution is -2.51. The van der Waals surface area contributed by atoms with Crippen LogP contribution in [-0.4, -0.2) is 78.9 Å². The maximum absolute atomic E-state index is 13.6. The number of ether oxygens (including phenoxy) is 1. The van der Waals surface area contributed by atoms with Gasteiger partial charge in [-0.05, 0) is 66.5 Å². The van der Waals surface area contributed by atoms with Gasteiger partial charge in [0.05, 0.1) is 47.8 Å². The van der Waals surface area contributed by atoms with E-state index in [1.807, 2.05) is 49.0 Å². The van der Waals surface area contributed by atoms with Gasteiger partial charge < -0.3 is 29.8 Å². The van der Waals surface area contributed by atoms with Gasteiger partial charge >= 0.3 is 6.09 Å². The molecule has 5 aromatic rings. The van der Waals surface area contributed by atoms with E-state index in [9.17, 15) is 14.4 Å². The third-order valence-corrected chi connectivity index (χ3v) is 10.9. The number of benzene rings is 2. The first-order chi connectivity index (χ1) is 25.0. The second-order valence-electron chi connectivity index (χ2n) is 14.9. The highest BCUT2D eigenvalue weighted by molar-refractivity contribution is 5.91. The van der Waals surface area contributed by atoms with Crippen LogP contribution in [0.2, 0.25) is 0 Å². The summed E-state index contributed by atoms with van der Waals surface area (Å²) in [5.74, 6) is 1.79. The van der Waals surface area contributed by atoms with Crippen LogP contribution >= 0.6 is 0 Å². The Labute approximate surface area is 303 Å². The number of likely N-dealkylation sites (tertiary alicyclic amines) is 2. The molecule has 0 radical (unpaired) electrons. The summed E-state index contributed by atoms with van der Waals surface area (Å²) in [5, 5.41) is 4.85. The highest BCUT2D eigenvalue weighted by Crippen LogP contribution is 2.36. The van der Waals surface area contributed by atoms with E-state index in [4.69, 9.17) is 19.7 Å². The first kappa shape index (κ1) is 35.2. The smallest absolute Gasteiger partial charge is 0.407 e. The number of H-pyrrole nitrogens is 2. The van der Waals surface area contributed by atoms with Crippen LogP contribution in [0.25, 0.3) is 44.3 Å². The second kappa shape index (κ2) is 14.4. The van der Waals surface area contributed by atoms with Crippen LogP contribution in [0.3, 0.4) is 0 Å². The maximum atomic E-state index is 13.6. The molecule has 12 heteroatoms. The van der Waals surface area contributed by atoms with Crippen molar-refractivity contribution in [2.24, 2.45) is 17.8 Å². The minimum Gasteiger partial charge on any atom is -0.453 e. The number of fused-ring (bicyclic) bond motifs is 2. The van der Waals surface area contributed by atoms with E-state index >= 15 is 0 Å². The Hall–Kier alpha value is -5.26. The molecule has 3 amide bonds. The van der Waals surface area contributed by atoms with Crippen molar-refractivity contribution in [3.05, 3.63) is 66.5 Å². The van der Waals surface area contributed by atoms with Crippen LogP contribution in [0.5, 0.6) is 0 Å². The number of carbonyl (C=O) groups excluding carboxylic acids is 3. The summed E-state index contributed by atoms with van der Waals surface area (Å²) >= 11 is 0. The molecule has 3 N–H and O–H groups in total. The average molecular weight is 705 g/mol. The number of amides is 3. The number of methoxy groups -OCH3 is 1. The van der Waals surface area contributed by atoms with Gasteiger partial charge in [-0.2, -0.15) is 0 Å². The number of pyridine rings is 1. The standard InChI is InChI=1S/C40H48N8O4/c1-22(2)24(5)38(49)47-15-8-10-34(47)37-43-30-19-29(41-21-32(30)45-37)27-13-11-26-18-28(14-12-25(26)17-27)31-20-42-36(44-31)33-9-7-16-48(33)39(50)35(23(3)4)46-40(51)52-6/h11-14,17-24,33-35H,7-10,15-16H2,1-6H3,(H,42,44)(H,43,45)(H,46,51)/t24-,33-,34-,35-/m0/s1. The number of nitrogens with one attached hydrogen (secondary N) is 3. The Bertz CT molecular complexity index is 2120. The van der Waals surface area contributed by atoms with E-state index in [1.54, 1.807) is 0 Å². The minimum absolute atomic E-state index is 0.0269. The fourth-order valence-electron chi connectivity index (χ4n) is 7.52. The monoisotopic (exact) mass is 704 g/mol. The molecule has 5 heterocycles. The molecule has 2 aromatic carbocycles. The van der Waals surface area contributed by atoms with Crippen LogP contribution in [0.1, 0.15) is 84.0 Å². The van der Waals surface area contributed by atoms with Gasteiger partial charge in [0, 0.05) is 36.3 Å². The van der Waals surface area contributed by atoms with Crippen LogP contribution in [-0.2, 0) is 14.3 Å². The van der Waals surface area contributed by atoms with Crippen molar-refractivity contribution in [3.63, 3.8) is 0 Å². The molecule has 2 aliphatic heterocycles. The van der Waals surface area contributed by atoms with Crippen molar-refractivity contribution >= 4 is 39.7 Å². The van der Waals surface area contributed by atoms with E-state index in [0.717, 1.165) is 88.2 Å². The molecule has 3 aromatic heterocycles.